The zero-order valence-corrected chi connectivity index (χ0v) is 12.5. The van der Waals surface area contributed by atoms with E-state index >= 15 is 0 Å². The fourth-order valence-electron chi connectivity index (χ4n) is 2.96. The third-order valence-corrected chi connectivity index (χ3v) is 4.59. The van der Waals surface area contributed by atoms with Crippen molar-refractivity contribution >= 4 is 0 Å². The molecule has 1 aliphatic heterocycles. The van der Waals surface area contributed by atoms with Gasteiger partial charge in [0.05, 0.1) is 6.07 Å². The van der Waals surface area contributed by atoms with Crippen molar-refractivity contribution < 1.29 is 0 Å². The highest BCUT2D eigenvalue weighted by Gasteiger charge is 2.28. The molecule has 0 aromatic rings. The van der Waals surface area contributed by atoms with Gasteiger partial charge in [0.2, 0.25) is 0 Å². The molecule has 0 aliphatic carbocycles. The standard InChI is InChI=1S/C15H29N3/c1-5-14-7-6-9-18(10-8-14)13(2)11-15(3,12-16)17-4/h13-14,17H,5-11H2,1-4H3. The van der Waals surface area contributed by atoms with Gasteiger partial charge in [0, 0.05) is 6.04 Å². The van der Waals surface area contributed by atoms with Gasteiger partial charge in [0.15, 0.2) is 0 Å². The van der Waals surface area contributed by atoms with Crippen molar-refractivity contribution in [2.24, 2.45) is 5.92 Å². The third kappa shape index (κ3) is 4.26. The molecule has 3 atom stereocenters. The Morgan fingerprint density at radius 2 is 2.17 bits per heavy atom. The molecule has 0 saturated carbocycles. The highest BCUT2D eigenvalue weighted by atomic mass is 15.2. The number of rotatable bonds is 5. The predicted molar refractivity (Wildman–Crippen MR) is 76.4 cm³/mol. The van der Waals surface area contributed by atoms with Crippen LogP contribution in [0.2, 0.25) is 0 Å². The average molecular weight is 251 g/mol. The van der Waals surface area contributed by atoms with Gasteiger partial charge in [-0.3, -0.25) is 0 Å². The normalized spacial score (nSPS) is 26.9. The van der Waals surface area contributed by atoms with Crippen LogP contribution in [-0.2, 0) is 0 Å². The van der Waals surface area contributed by atoms with Crippen molar-refractivity contribution in [1.29, 1.82) is 5.26 Å². The first-order valence-electron chi connectivity index (χ1n) is 7.39. The molecule has 104 valence electrons. The molecular weight excluding hydrogens is 222 g/mol. The first kappa shape index (κ1) is 15.5. The van der Waals surface area contributed by atoms with Crippen molar-refractivity contribution in [3.63, 3.8) is 0 Å². The number of nitriles is 1. The van der Waals surface area contributed by atoms with E-state index in [1.165, 1.54) is 38.8 Å². The van der Waals surface area contributed by atoms with E-state index in [0.29, 0.717) is 6.04 Å². The fraction of sp³-hybridized carbons (Fsp3) is 0.933. The molecule has 1 rings (SSSR count). The minimum atomic E-state index is -0.393. The summed E-state index contributed by atoms with van der Waals surface area (Å²) in [7, 11) is 1.88. The summed E-state index contributed by atoms with van der Waals surface area (Å²) in [6.45, 7) is 8.96. The molecule has 1 fully saturated rings. The minimum Gasteiger partial charge on any atom is -0.303 e. The molecule has 0 bridgehead atoms. The van der Waals surface area contributed by atoms with Crippen LogP contribution < -0.4 is 5.32 Å². The Labute approximate surface area is 113 Å². The third-order valence-electron chi connectivity index (χ3n) is 4.59. The van der Waals surface area contributed by atoms with Gasteiger partial charge in [0.1, 0.15) is 5.54 Å². The summed E-state index contributed by atoms with van der Waals surface area (Å²) in [5.41, 5.74) is -0.393. The molecule has 18 heavy (non-hydrogen) atoms. The van der Waals surface area contributed by atoms with Gasteiger partial charge < -0.3 is 10.2 Å². The average Bonchev–Trinajstić information content (AvgIpc) is 2.63. The Balaban J connectivity index is 2.51. The summed E-state index contributed by atoms with van der Waals surface area (Å²) in [5, 5.41) is 12.4. The van der Waals surface area contributed by atoms with Gasteiger partial charge in [-0.15, -0.1) is 0 Å². The number of likely N-dealkylation sites (tertiary alicyclic amines) is 1. The summed E-state index contributed by atoms with van der Waals surface area (Å²) < 4.78 is 0. The zero-order chi connectivity index (χ0) is 13.6. The Kier molecular flexibility index (Phi) is 6.11. The van der Waals surface area contributed by atoms with Gasteiger partial charge >= 0.3 is 0 Å². The first-order valence-corrected chi connectivity index (χ1v) is 7.39. The summed E-state index contributed by atoms with van der Waals surface area (Å²) in [4.78, 5) is 2.57. The maximum Gasteiger partial charge on any atom is 0.105 e. The predicted octanol–water partition coefficient (Wildman–Crippen LogP) is 2.78. The summed E-state index contributed by atoms with van der Waals surface area (Å²) >= 11 is 0. The van der Waals surface area contributed by atoms with E-state index in [4.69, 9.17) is 0 Å². The highest BCUT2D eigenvalue weighted by molar-refractivity contribution is 5.04. The van der Waals surface area contributed by atoms with Crippen LogP contribution in [0.25, 0.3) is 0 Å². The molecule has 0 spiro atoms. The van der Waals surface area contributed by atoms with Gasteiger partial charge in [-0.25, -0.2) is 0 Å². The van der Waals surface area contributed by atoms with E-state index in [1.807, 2.05) is 14.0 Å². The van der Waals surface area contributed by atoms with E-state index in [2.05, 4.69) is 30.1 Å². The Morgan fingerprint density at radius 3 is 2.72 bits per heavy atom. The Morgan fingerprint density at radius 1 is 1.44 bits per heavy atom. The minimum absolute atomic E-state index is 0.393. The van der Waals surface area contributed by atoms with Crippen LogP contribution in [0.15, 0.2) is 0 Å². The van der Waals surface area contributed by atoms with Crippen molar-refractivity contribution in [1.82, 2.24) is 10.2 Å². The lowest BCUT2D eigenvalue weighted by Gasteiger charge is -2.32. The summed E-state index contributed by atoms with van der Waals surface area (Å²) in [6, 6.07) is 2.88. The molecule has 1 aliphatic rings. The molecule has 3 unspecified atom stereocenters. The van der Waals surface area contributed by atoms with Crippen LogP contribution in [0.3, 0.4) is 0 Å². The van der Waals surface area contributed by atoms with Gasteiger partial charge in [-0.1, -0.05) is 13.3 Å². The number of hydrogen-bond donors (Lipinski definition) is 1. The molecule has 0 aromatic heterocycles. The summed E-state index contributed by atoms with van der Waals surface area (Å²) in [6.07, 6.45) is 6.22. The highest BCUT2D eigenvalue weighted by Crippen LogP contribution is 2.23. The van der Waals surface area contributed by atoms with Crippen LogP contribution in [0.5, 0.6) is 0 Å². The molecular formula is C15H29N3. The molecule has 1 saturated heterocycles. The zero-order valence-electron chi connectivity index (χ0n) is 12.5. The second-order valence-electron chi connectivity index (χ2n) is 5.99. The first-order chi connectivity index (χ1) is 8.54. The smallest absolute Gasteiger partial charge is 0.105 e. The maximum absolute atomic E-state index is 9.24. The monoisotopic (exact) mass is 251 g/mol. The maximum atomic E-state index is 9.24. The van der Waals surface area contributed by atoms with Crippen LogP contribution >= 0.6 is 0 Å². The van der Waals surface area contributed by atoms with Gasteiger partial charge in [-0.2, -0.15) is 5.26 Å². The van der Waals surface area contributed by atoms with Gasteiger partial charge in [0.25, 0.3) is 0 Å². The second-order valence-corrected chi connectivity index (χ2v) is 5.99. The number of nitrogens with zero attached hydrogens (tertiary/aromatic N) is 2. The SMILES string of the molecule is CCC1CCCN(C(C)CC(C)(C#N)NC)CC1. The second kappa shape index (κ2) is 7.11. The fourth-order valence-corrected chi connectivity index (χ4v) is 2.96. The van der Waals surface area contributed by atoms with Crippen molar-refractivity contribution in [2.45, 2.75) is 64.5 Å². The molecule has 1 heterocycles. The number of nitrogens with one attached hydrogen (secondary N) is 1. The molecule has 0 aromatic carbocycles. The van der Waals surface area contributed by atoms with E-state index in [-0.39, 0.29) is 0 Å². The van der Waals surface area contributed by atoms with Crippen molar-refractivity contribution in [2.75, 3.05) is 20.1 Å². The van der Waals surface area contributed by atoms with Crippen LogP contribution in [-0.4, -0.2) is 36.6 Å². The number of hydrogen-bond acceptors (Lipinski definition) is 3. The Hall–Kier alpha value is -0.590. The summed E-state index contributed by atoms with van der Waals surface area (Å²) in [5.74, 6) is 0.911. The molecule has 1 N–H and O–H groups in total. The van der Waals surface area contributed by atoms with Crippen LogP contribution in [0, 0.1) is 17.2 Å². The largest absolute Gasteiger partial charge is 0.303 e. The molecule has 0 amide bonds. The van der Waals surface area contributed by atoms with E-state index in [9.17, 15) is 5.26 Å². The Bertz CT molecular complexity index is 284. The van der Waals surface area contributed by atoms with Crippen molar-refractivity contribution in [3.05, 3.63) is 0 Å². The molecule has 0 radical (unpaired) electrons. The van der Waals surface area contributed by atoms with E-state index in [0.717, 1.165) is 12.3 Å². The lowest BCUT2D eigenvalue weighted by Crippen LogP contribution is -2.46. The van der Waals surface area contributed by atoms with Crippen molar-refractivity contribution in [3.8, 4) is 6.07 Å². The lowest BCUT2D eigenvalue weighted by atomic mass is 9.94. The lowest BCUT2D eigenvalue weighted by molar-refractivity contribution is 0.182. The quantitative estimate of drug-likeness (QED) is 0.816. The van der Waals surface area contributed by atoms with Crippen LogP contribution in [0.1, 0.15) is 52.9 Å². The molecule has 3 heteroatoms. The van der Waals surface area contributed by atoms with E-state index < -0.39 is 5.54 Å². The van der Waals surface area contributed by atoms with Gasteiger partial charge in [-0.05, 0) is 65.6 Å². The topological polar surface area (TPSA) is 39.1 Å². The van der Waals surface area contributed by atoms with Crippen LogP contribution in [0.4, 0.5) is 0 Å². The molecule has 3 nitrogen and oxygen atoms in total. The van der Waals surface area contributed by atoms with E-state index in [1.54, 1.807) is 0 Å².